The number of ether oxygens (including phenoxy) is 2. The lowest BCUT2D eigenvalue weighted by molar-refractivity contribution is 0.0622. The number of methoxy groups -OCH3 is 2. The largest absolute Gasteiger partial charge is 0.497 e. The number of piperidine rings is 1. The van der Waals surface area contributed by atoms with Gasteiger partial charge in [0.05, 0.1) is 14.2 Å². The summed E-state index contributed by atoms with van der Waals surface area (Å²) in [5.41, 5.74) is 6.36. The molecule has 1 amide bonds. The Bertz CT molecular complexity index is 460. The van der Waals surface area contributed by atoms with Crippen molar-refractivity contribution in [3.05, 3.63) is 23.8 Å². The minimum absolute atomic E-state index is 0. The fourth-order valence-corrected chi connectivity index (χ4v) is 2.61. The van der Waals surface area contributed by atoms with Crippen molar-refractivity contribution >= 4 is 18.3 Å². The van der Waals surface area contributed by atoms with Gasteiger partial charge in [-0.3, -0.25) is 4.79 Å². The van der Waals surface area contributed by atoms with Gasteiger partial charge in [-0.25, -0.2) is 0 Å². The van der Waals surface area contributed by atoms with Gasteiger partial charge in [-0.2, -0.15) is 0 Å². The number of hydrogen-bond donors (Lipinski definition) is 1. The van der Waals surface area contributed by atoms with Gasteiger partial charge in [0.1, 0.15) is 11.5 Å². The second kappa shape index (κ2) is 8.10. The van der Waals surface area contributed by atoms with E-state index < -0.39 is 0 Å². The van der Waals surface area contributed by atoms with Crippen LogP contribution in [0, 0.1) is 0 Å². The quantitative estimate of drug-likeness (QED) is 0.924. The summed E-state index contributed by atoms with van der Waals surface area (Å²) in [7, 11) is 3.15. The second-order valence-corrected chi connectivity index (χ2v) is 4.99. The van der Waals surface area contributed by atoms with Crippen LogP contribution in [0.1, 0.15) is 29.6 Å². The van der Waals surface area contributed by atoms with Gasteiger partial charge in [0.15, 0.2) is 0 Å². The molecule has 0 bridgehead atoms. The van der Waals surface area contributed by atoms with E-state index in [1.54, 1.807) is 32.4 Å². The van der Waals surface area contributed by atoms with E-state index in [4.69, 9.17) is 15.2 Å². The maximum absolute atomic E-state index is 12.7. The Kier molecular flexibility index (Phi) is 6.78. The standard InChI is InChI=1S/C15H22N2O3.ClH/c1-19-13-7-11(8-14(9-13)20-2)15(18)17-6-4-3-5-12(17)10-16;/h7-9,12H,3-6,10,16H2,1-2H3;1H. The molecule has 5 nitrogen and oxygen atoms in total. The molecule has 0 aromatic heterocycles. The molecule has 1 aromatic carbocycles. The Morgan fingerprint density at radius 2 is 1.86 bits per heavy atom. The van der Waals surface area contributed by atoms with Crippen LogP contribution in [0.25, 0.3) is 0 Å². The van der Waals surface area contributed by atoms with Gasteiger partial charge in [-0.15, -0.1) is 12.4 Å². The summed E-state index contributed by atoms with van der Waals surface area (Å²) in [6.07, 6.45) is 3.14. The van der Waals surface area contributed by atoms with E-state index in [0.717, 1.165) is 25.8 Å². The molecule has 21 heavy (non-hydrogen) atoms. The number of nitrogens with two attached hydrogens (primary N) is 1. The van der Waals surface area contributed by atoms with Crippen molar-refractivity contribution in [2.24, 2.45) is 5.73 Å². The zero-order chi connectivity index (χ0) is 14.5. The smallest absolute Gasteiger partial charge is 0.254 e. The third-order valence-corrected chi connectivity index (χ3v) is 3.76. The van der Waals surface area contributed by atoms with Gasteiger partial charge < -0.3 is 20.1 Å². The Labute approximate surface area is 131 Å². The van der Waals surface area contributed by atoms with E-state index in [2.05, 4.69) is 0 Å². The first-order valence-corrected chi connectivity index (χ1v) is 6.93. The highest BCUT2D eigenvalue weighted by atomic mass is 35.5. The van der Waals surface area contributed by atoms with Gasteiger partial charge in [0, 0.05) is 30.8 Å². The molecule has 118 valence electrons. The van der Waals surface area contributed by atoms with E-state index in [-0.39, 0.29) is 24.4 Å². The minimum Gasteiger partial charge on any atom is -0.497 e. The highest BCUT2D eigenvalue weighted by Gasteiger charge is 2.27. The number of rotatable bonds is 4. The fourth-order valence-electron chi connectivity index (χ4n) is 2.61. The second-order valence-electron chi connectivity index (χ2n) is 4.99. The van der Waals surface area contributed by atoms with Crippen LogP contribution in [0.2, 0.25) is 0 Å². The monoisotopic (exact) mass is 314 g/mol. The molecule has 1 heterocycles. The third kappa shape index (κ3) is 4.02. The Hall–Kier alpha value is -1.46. The van der Waals surface area contributed by atoms with Crippen LogP contribution in [-0.2, 0) is 0 Å². The van der Waals surface area contributed by atoms with E-state index in [9.17, 15) is 4.79 Å². The number of likely N-dealkylation sites (tertiary alicyclic amines) is 1. The zero-order valence-corrected chi connectivity index (χ0v) is 13.3. The fraction of sp³-hybridized carbons (Fsp3) is 0.533. The van der Waals surface area contributed by atoms with E-state index in [1.165, 1.54) is 0 Å². The maximum Gasteiger partial charge on any atom is 0.254 e. The number of carbonyl (C=O) groups excluding carboxylic acids is 1. The van der Waals surface area contributed by atoms with E-state index in [1.807, 2.05) is 4.90 Å². The van der Waals surface area contributed by atoms with Crippen molar-refractivity contribution in [2.45, 2.75) is 25.3 Å². The van der Waals surface area contributed by atoms with Crippen LogP contribution < -0.4 is 15.2 Å². The number of nitrogens with zero attached hydrogens (tertiary/aromatic N) is 1. The van der Waals surface area contributed by atoms with Crippen molar-refractivity contribution in [1.29, 1.82) is 0 Å². The van der Waals surface area contributed by atoms with Crippen LogP contribution in [0.15, 0.2) is 18.2 Å². The Morgan fingerprint density at radius 3 is 2.38 bits per heavy atom. The molecule has 1 aromatic rings. The molecule has 2 N–H and O–H groups in total. The van der Waals surface area contributed by atoms with Crippen molar-refractivity contribution in [3.63, 3.8) is 0 Å². The van der Waals surface area contributed by atoms with Crippen LogP contribution in [0.5, 0.6) is 11.5 Å². The third-order valence-electron chi connectivity index (χ3n) is 3.76. The molecule has 2 rings (SSSR count). The summed E-state index contributed by atoms with van der Waals surface area (Å²) in [4.78, 5) is 14.5. The van der Waals surface area contributed by atoms with Crippen LogP contribution >= 0.6 is 12.4 Å². The van der Waals surface area contributed by atoms with Crippen molar-refractivity contribution in [1.82, 2.24) is 4.90 Å². The number of carbonyl (C=O) groups is 1. The molecule has 1 aliphatic rings. The highest BCUT2D eigenvalue weighted by Crippen LogP contribution is 2.25. The van der Waals surface area contributed by atoms with Gasteiger partial charge in [0.25, 0.3) is 5.91 Å². The number of halogens is 1. The van der Waals surface area contributed by atoms with Crippen molar-refractivity contribution in [2.75, 3.05) is 27.3 Å². The van der Waals surface area contributed by atoms with E-state index >= 15 is 0 Å². The summed E-state index contributed by atoms with van der Waals surface area (Å²) < 4.78 is 10.4. The first kappa shape index (κ1) is 17.6. The zero-order valence-electron chi connectivity index (χ0n) is 12.5. The van der Waals surface area contributed by atoms with Crippen LogP contribution in [-0.4, -0.2) is 44.2 Å². The summed E-state index contributed by atoms with van der Waals surface area (Å²) in [5.74, 6) is 1.24. The Balaban J connectivity index is 0.00000220. The summed E-state index contributed by atoms with van der Waals surface area (Å²) in [6.45, 7) is 1.27. The summed E-state index contributed by atoms with van der Waals surface area (Å²) in [5, 5.41) is 0. The molecule has 0 radical (unpaired) electrons. The summed E-state index contributed by atoms with van der Waals surface area (Å²) in [6, 6.07) is 5.38. The predicted molar refractivity (Wildman–Crippen MR) is 84.5 cm³/mol. The molecule has 6 heteroatoms. The first-order valence-electron chi connectivity index (χ1n) is 6.93. The van der Waals surface area contributed by atoms with Gasteiger partial charge in [-0.05, 0) is 31.4 Å². The van der Waals surface area contributed by atoms with E-state index in [0.29, 0.717) is 23.6 Å². The SMILES string of the molecule is COc1cc(OC)cc(C(=O)N2CCCCC2CN)c1.Cl. The van der Waals surface area contributed by atoms with Gasteiger partial charge in [0.2, 0.25) is 0 Å². The minimum atomic E-state index is -0.00245. The average Bonchev–Trinajstić information content (AvgIpc) is 2.53. The number of benzene rings is 1. The maximum atomic E-state index is 12.7. The molecular formula is C15H23ClN2O3. The van der Waals surface area contributed by atoms with Crippen LogP contribution in [0.3, 0.4) is 0 Å². The molecule has 0 spiro atoms. The van der Waals surface area contributed by atoms with Crippen molar-refractivity contribution < 1.29 is 14.3 Å². The lowest BCUT2D eigenvalue weighted by Crippen LogP contribution is -2.47. The molecule has 1 saturated heterocycles. The molecule has 1 aliphatic heterocycles. The normalized spacial score (nSPS) is 17.9. The summed E-state index contributed by atoms with van der Waals surface area (Å²) >= 11 is 0. The van der Waals surface area contributed by atoms with Crippen LogP contribution in [0.4, 0.5) is 0 Å². The topological polar surface area (TPSA) is 64.8 Å². The molecule has 1 fully saturated rings. The predicted octanol–water partition coefficient (Wildman–Crippen LogP) is 2.08. The lowest BCUT2D eigenvalue weighted by Gasteiger charge is -2.35. The van der Waals surface area contributed by atoms with Crippen molar-refractivity contribution in [3.8, 4) is 11.5 Å². The van der Waals surface area contributed by atoms with Gasteiger partial charge in [-0.1, -0.05) is 0 Å². The molecule has 1 unspecified atom stereocenters. The average molecular weight is 315 g/mol. The highest BCUT2D eigenvalue weighted by molar-refractivity contribution is 5.95. The lowest BCUT2D eigenvalue weighted by atomic mass is 10.0. The molecule has 0 aliphatic carbocycles. The number of amides is 1. The van der Waals surface area contributed by atoms with Gasteiger partial charge >= 0.3 is 0 Å². The molecule has 0 saturated carbocycles. The molecular weight excluding hydrogens is 292 g/mol. The first-order chi connectivity index (χ1) is 9.69. The Morgan fingerprint density at radius 1 is 1.24 bits per heavy atom. The molecule has 1 atom stereocenters. The number of hydrogen-bond acceptors (Lipinski definition) is 4.